The van der Waals surface area contributed by atoms with Crippen LogP contribution in [-0.2, 0) is 12.7 Å². The Morgan fingerprint density at radius 3 is 2.52 bits per heavy atom. The normalized spacial score (nSPS) is 11.5. The standard InChI is InChI=1S/C14H10BrClF3NO/c15-10-5-4-8(14(17,18)19)6-12(10)20-7-9-11(16)2-1-3-13(9)21/h1-6,20-21H,7H2. The summed E-state index contributed by atoms with van der Waals surface area (Å²) in [4.78, 5) is 0. The third kappa shape index (κ3) is 3.83. The van der Waals surface area contributed by atoms with Gasteiger partial charge in [-0.3, -0.25) is 0 Å². The van der Waals surface area contributed by atoms with Crippen LogP contribution in [0.3, 0.4) is 0 Å². The second-order valence-electron chi connectivity index (χ2n) is 4.28. The zero-order valence-corrected chi connectivity index (χ0v) is 12.9. The fraction of sp³-hybridized carbons (Fsp3) is 0.143. The van der Waals surface area contributed by atoms with Crippen molar-refractivity contribution >= 4 is 33.2 Å². The lowest BCUT2D eigenvalue weighted by Crippen LogP contribution is -2.07. The first-order chi connectivity index (χ1) is 9.79. The molecule has 2 nitrogen and oxygen atoms in total. The van der Waals surface area contributed by atoms with Crippen LogP contribution >= 0.6 is 27.5 Å². The Morgan fingerprint density at radius 1 is 1.19 bits per heavy atom. The van der Waals surface area contributed by atoms with Gasteiger partial charge in [-0.1, -0.05) is 17.7 Å². The Hall–Kier alpha value is -1.40. The van der Waals surface area contributed by atoms with Gasteiger partial charge in [0.05, 0.1) is 5.56 Å². The maximum Gasteiger partial charge on any atom is 0.416 e. The summed E-state index contributed by atoms with van der Waals surface area (Å²) in [6.07, 6.45) is -4.41. The smallest absolute Gasteiger partial charge is 0.416 e. The summed E-state index contributed by atoms with van der Waals surface area (Å²) in [6.45, 7) is 0.103. The van der Waals surface area contributed by atoms with Gasteiger partial charge in [-0.05, 0) is 46.3 Å². The largest absolute Gasteiger partial charge is 0.508 e. The number of aromatic hydroxyl groups is 1. The van der Waals surface area contributed by atoms with E-state index in [9.17, 15) is 18.3 Å². The molecular formula is C14H10BrClF3NO. The minimum absolute atomic E-state index is 0.0156. The number of halogens is 5. The van der Waals surface area contributed by atoms with Crippen molar-refractivity contribution in [2.24, 2.45) is 0 Å². The molecule has 112 valence electrons. The molecule has 0 bridgehead atoms. The Morgan fingerprint density at radius 2 is 1.90 bits per heavy atom. The molecule has 0 atom stereocenters. The van der Waals surface area contributed by atoms with Gasteiger partial charge in [-0.25, -0.2) is 0 Å². The lowest BCUT2D eigenvalue weighted by Gasteiger charge is -2.14. The monoisotopic (exact) mass is 379 g/mol. The number of hydrogen-bond donors (Lipinski definition) is 2. The quantitative estimate of drug-likeness (QED) is 0.743. The van der Waals surface area contributed by atoms with E-state index in [0.29, 0.717) is 15.1 Å². The van der Waals surface area contributed by atoms with Crippen LogP contribution in [-0.4, -0.2) is 5.11 Å². The molecule has 0 fully saturated rings. The molecule has 0 aliphatic carbocycles. The molecule has 0 spiro atoms. The molecule has 0 amide bonds. The van der Waals surface area contributed by atoms with E-state index in [0.717, 1.165) is 12.1 Å². The van der Waals surface area contributed by atoms with E-state index in [1.807, 2.05) is 0 Å². The number of benzene rings is 2. The number of alkyl halides is 3. The molecule has 0 saturated carbocycles. The van der Waals surface area contributed by atoms with Crippen LogP contribution < -0.4 is 5.32 Å². The van der Waals surface area contributed by atoms with Gasteiger partial charge in [0, 0.05) is 27.3 Å². The fourth-order valence-electron chi connectivity index (χ4n) is 1.74. The highest BCUT2D eigenvalue weighted by Crippen LogP contribution is 2.34. The molecule has 0 radical (unpaired) electrons. The predicted molar refractivity (Wildman–Crippen MR) is 79.6 cm³/mol. The van der Waals surface area contributed by atoms with Gasteiger partial charge < -0.3 is 10.4 Å². The Kier molecular flexibility index (Phi) is 4.68. The van der Waals surface area contributed by atoms with Crippen LogP contribution in [0, 0.1) is 0 Å². The van der Waals surface area contributed by atoms with Crippen LogP contribution in [0.1, 0.15) is 11.1 Å². The molecular weight excluding hydrogens is 371 g/mol. The van der Waals surface area contributed by atoms with Crippen molar-refractivity contribution in [2.75, 3.05) is 5.32 Å². The van der Waals surface area contributed by atoms with Gasteiger partial charge in [0.25, 0.3) is 0 Å². The minimum atomic E-state index is -4.41. The highest BCUT2D eigenvalue weighted by Gasteiger charge is 2.30. The van der Waals surface area contributed by atoms with E-state index in [1.54, 1.807) is 12.1 Å². The molecule has 0 unspecified atom stereocenters. The van der Waals surface area contributed by atoms with Crippen molar-refractivity contribution < 1.29 is 18.3 Å². The lowest BCUT2D eigenvalue weighted by molar-refractivity contribution is -0.137. The first-order valence-electron chi connectivity index (χ1n) is 5.86. The number of anilines is 1. The molecule has 7 heteroatoms. The van der Waals surface area contributed by atoms with Crippen LogP contribution in [0.15, 0.2) is 40.9 Å². The second kappa shape index (κ2) is 6.15. The molecule has 2 rings (SSSR count). The molecule has 2 aromatic carbocycles. The van der Waals surface area contributed by atoms with Gasteiger partial charge in [0.15, 0.2) is 0 Å². The molecule has 21 heavy (non-hydrogen) atoms. The summed E-state index contributed by atoms with van der Waals surface area (Å²) in [5, 5.41) is 12.9. The van der Waals surface area contributed by atoms with Crippen LogP contribution in [0.25, 0.3) is 0 Å². The average Bonchev–Trinajstić information content (AvgIpc) is 2.38. The first-order valence-corrected chi connectivity index (χ1v) is 7.03. The second-order valence-corrected chi connectivity index (χ2v) is 5.54. The molecule has 0 aromatic heterocycles. The Bertz CT molecular complexity index is 641. The average molecular weight is 381 g/mol. The number of hydrogen-bond acceptors (Lipinski definition) is 2. The number of rotatable bonds is 3. The Balaban J connectivity index is 2.24. The van der Waals surface area contributed by atoms with E-state index in [2.05, 4.69) is 21.2 Å². The zero-order chi connectivity index (χ0) is 15.6. The predicted octanol–water partition coefficient (Wildman–Crippen LogP) is 5.44. The fourth-order valence-corrected chi connectivity index (χ4v) is 2.37. The van der Waals surface area contributed by atoms with Gasteiger partial charge in [0.2, 0.25) is 0 Å². The zero-order valence-electron chi connectivity index (χ0n) is 10.5. The van der Waals surface area contributed by atoms with Gasteiger partial charge in [-0.15, -0.1) is 0 Å². The summed E-state index contributed by atoms with van der Waals surface area (Å²) >= 11 is 9.13. The van der Waals surface area contributed by atoms with Crippen molar-refractivity contribution in [1.29, 1.82) is 0 Å². The first kappa shape index (κ1) is 16.0. The molecule has 2 aromatic rings. The van der Waals surface area contributed by atoms with Crippen LogP contribution in [0.2, 0.25) is 5.02 Å². The molecule has 2 N–H and O–H groups in total. The summed E-state index contributed by atoms with van der Waals surface area (Å²) in [6, 6.07) is 7.95. The van der Waals surface area contributed by atoms with Crippen molar-refractivity contribution in [3.8, 4) is 5.75 Å². The van der Waals surface area contributed by atoms with Crippen molar-refractivity contribution in [3.05, 3.63) is 57.0 Å². The van der Waals surface area contributed by atoms with E-state index in [-0.39, 0.29) is 18.0 Å². The maximum atomic E-state index is 12.7. The summed E-state index contributed by atoms with van der Waals surface area (Å²) in [7, 11) is 0. The topological polar surface area (TPSA) is 32.3 Å². The van der Waals surface area contributed by atoms with Crippen molar-refractivity contribution in [2.45, 2.75) is 12.7 Å². The molecule has 0 aliphatic rings. The van der Waals surface area contributed by atoms with Crippen LogP contribution in [0.5, 0.6) is 5.75 Å². The van der Waals surface area contributed by atoms with Gasteiger partial charge in [0.1, 0.15) is 5.75 Å². The lowest BCUT2D eigenvalue weighted by atomic mass is 10.1. The van der Waals surface area contributed by atoms with Gasteiger partial charge >= 0.3 is 6.18 Å². The van der Waals surface area contributed by atoms with Crippen molar-refractivity contribution in [3.63, 3.8) is 0 Å². The highest BCUT2D eigenvalue weighted by molar-refractivity contribution is 9.10. The van der Waals surface area contributed by atoms with Crippen molar-refractivity contribution in [1.82, 2.24) is 0 Å². The molecule has 0 aliphatic heterocycles. The van der Waals surface area contributed by atoms with E-state index in [4.69, 9.17) is 11.6 Å². The van der Waals surface area contributed by atoms with Gasteiger partial charge in [-0.2, -0.15) is 13.2 Å². The third-order valence-corrected chi connectivity index (χ3v) is 3.89. The maximum absolute atomic E-state index is 12.7. The number of phenolic OH excluding ortho intramolecular Hbond substituents is 1. The minimum Gasteiger partial charge on any atom is -0.508 e. The summed E-state index contributed by atoms with van der Waals surface area (Å²) in [5.74, 6) is -0.0156. The SMILES string of the molecule is Oc1cccc(Cl)c1CNc1cc(C(F)(F)F)ccc1Br. The summed E-state index contributed by atoms with van der Waals surface area (Å²) < 4.78 is 38.5. The number of phenols is 1. The van der Waals surface area contributed by atoms with E-state index < -0.39 is 11.7 Å². The number of nitrogens with one attached hydrogen (secondary N) is 1. The molecule has 0 heterocycles. The molecule has 0 saturated heterocycles. The summed E-state index contributed by atoms with van der Waals surface area (Å²) in [5.41, 5.74) is -0.0656. The van der Waals surface area contributed by atoms with E-state index in [1.165, 1.54) is 12.1 Å². The Labute approximate surface area is 132 Å². The third-order valence-electron chi connectivity index (χ3n) is 2.84. The van der Waals surface area contributed by atoms with Crippen LogP contribution in [0.4, 0.5) is 18.9 Å². The van der Waals surface area contributed by atoms with E-state index >= 15 is 0 Å². The highest BCUT2D eigenvalue weighted by atomic mass is 79.9.